The van der Waals surface area contributed by atoms with Crippen LogP contribution >= 0.6 is 23.2 Å². The molecule has 202 valence electrons. The normalized spacial score (nSPS) is 12.0. The first-order valence-electron chi connectivity index (χ1n) is 11.9. The Morgan fingerprint density at radius 3 is 2.21 bits per heavy atom. The maximum atomic E-state index is 13.9. The molecule has 0 heterocycles. The molecule has 0 saturated heterocycles. The van der Waals surface area contributed by atoms with Crippen LogP contribution in [0.5, 0.6) is 0 Å². The summed E-state index contributed by atoms with van der Waals surface area (Å²) in [6.07, 6.45) is 0.274. The summed E-state index contributed by atoms with van der Waals surface area (Å²) in [4.78, 5) is 28.0. The molecule has 0 saturated carbocycles. The molecule has 1 N–H and O–H groups in total. The molecule has 0 aliphatic heterocycles. The van der Waals surface area contributed by atoms with Gasteiger partial charge in [0, 0.05) is 18.1 Å². The summed E-state index contributed by atoms with van der Waals surface area (Å²) in [5.74, 6) is -1.76. The minimum Gasteiger partial charge on any atom is -0.355 e. The number of sulfonamides is 1. The summed E-state index contributed by atoms with van der Waals surface area (Å²) in [5, 5.41) is 2.83. The molecule has 3 rings (SSSR count). The lowest BCUT2D eigenvalue weighted by atomic mass is 10.1. The molecule has 1 atom stereocenters. The average Bonchev–Trinajstić information content (AvgIpc) is 2.90. The van der Waals surface area contributed by atoms with Crippen LogP contribution in [0.2, 0.25) is 10.0 Å². The number of amides is 2. The van der Waals surface area contributed by atoms with Gasteiger partial charge in [-0.25, -0.2) is 12.8 Å². The number of likely N-dealkylation sites (N-methyl/N-ethyl adjacent to an activating group) is 1. The van der Waals surface area contributed by atoms with Crippen molar-refractivity contribution in [1.82, 2.24) is 10.2 Å². The molecule has 1 unspecified atom stereocenters. The Kier molecular flexibility index (Phi) is 10.1. The number of anilines is 1. The number of benzene rings is 3. The lowest BCUT2D eigenvalue weighted by molar-refractivity contribution is -0.140. The smallest absolute Gasteiger partial charge is 0.264 e. The first-order valence-corrected chi connectivity index (χ1v) is 14.1. The Morgan fingerprint density at radius 1 is 0.947 bits per heavy atom. The van der Waals surface area contributed by atoms with Crippen LogP contribution < -0.4 is 9.62 Å². The van der Waals surface area contributed by atoms with E-state index < -0.39 is 34.3 Å². The molecular formula is C27H28Cl2FN3O4S. The standard InChI is InChI=1S/C27H28Cl2FN3O4S/c1-3-25(27(35)31-4-2)32(17-19-10-8-9-13-22(19)28)26(34)18-33(20-14-15-24(30)23(29)16-20)38(36,37)21-11-6-5-7-12-21/h5-16,25H,3-4,17-18H2,1-2H3,(H,31,35). The van der Waals surface area contributed by atoms with Gasteiger partial charge < -0.3 is 10.2 Å². The zero-order chi connectivity index (χ0) is 27.9. The third-order valence-electron chi connectivity index (χ3n) is 5.84. The number of carbonyl (C=O) groups excluding carboxylic acids is 2. The van der Waals surface area contributed by atoms with E-state index in [1.54, 1.807) is 56.3 Å². The van der Waals surface area contributed by atoms with Crippen LogP contribution in [0.3, 0.4) is 0 Å². The highest BCUT2D eigenvalue weighted by Crippen LogP contribution is 2.28. The van der Waals surface area contributed by atoms with Gasteiger partial charge >= 0.3 is 0 Å². The molecule has 7 nitrogen and oxygen atoms in total. The minimum atomic E-state index is -4.28. The molecule has 0 radical (unpaired) electrons. The van der Waals surface area contributed by atoms with E-state index in [0.29, 0.717) is 17.1 Å². The number of hydrogen-bond acceptors (Lipinski definition) is 4. The highest BCUT2D eigenvalue weighted by atomic mass is 35.5. The van der Waals surface area contributed by atoms with E-state index >= 15 is 0 Å². The molecule has 3 aromatic rings. The van der Waals surface area contributed by atoms with Crippen molar-refractivity contribution in [3.63, 3.8) is 0 Å². The average molecular weight is 581 g/mol. The number of hydrogen-bond donors (Lipinski definition) is 1. The third-order valence-corrected chi connectivity index (χ3v) is 8.28. The van der Waals surface area contributed by atoms with E-state index in [0.717, 1.165) is 16.4 Å². The van der Waals surface area contributed by atoms with Crippen LogP contribution in [-0.4, -0.2) is 44.3 Å². The van der Waals surface area contributed by atoms with Gasteiger partial charge in [0.15, 0.2) is 0 Å². The van der Waals surface area contributed by atoms with E-state index in [2.05, 4.69) is 5.32 Å². The Hall–Kier alpha value is -3.14. The van der Waals surface area contributed by atoms with Crippen molar-refractivity contribution in [2.24, 2.45) is 0 Å². The number of carbonyl (C=O) groups is 2. The van der Waals surface area contributed by atoms with E-state index in [-0.39, 0.29) is 34.5 Å². The van der Waals surface area contributed by atoms with Crippen LogP contribution in [-0.2, 0) is 26.2 Å². The first-order chi connectivity index (χ1) is 18.1. The zero-order valence-electron chi connectivity index (χ0n) is 20.9. The number of halogens is 3. The largest absolute Gasteiger partial charge is 0.355 e. The van der Waals surface area contributed by atoms with Gasteiger partial charge in [0.1, 0.15) is 18.4 Å². The fourth-order valence-electron chi connectivity index (χ4n) is 3.91. The fraction of sp³-hybridized carbons (Fsp3) is 0.259. The molecule has 38 heavy (non-hydrogen) atoms. The van der Waals surface area contributed by atoms with Crippen LogP contribution in [0, 0.1) is 5.82 Å². The molecule has 0 bridgehead atoms. The predicted molar refractivity (Wildman–Crippen MR) is 147 cm³/mol. The van der Waals surface area contributed by atoms with E-state index in [4.69, 9.17) is 23.2 Å². The van der Waals surface area contributed by atoms with E-state index in [9.17, 15) is 22.4 Å². The highest BCUT2D eigenvalue weighted by Gasteiger charge is 2.34. The number of rotatable bonds is 11. The summed E-state index contributed by atoms with van der Waals surface area (Å²) in [5.41, 5.74) is 0.588. The van der Waals surface area contributed by atoms with Gasteiger partial charge in [-0.05, 0) is 55.3 Å². The van der Waals surface area contributed by atoms with Crippen molar-refractivity contribution in [2.75, 3.05) is 17.4 Å². The lowest BCUT2D eigenvalue weighted by Crippen LogP contribution is -2.52. The van der Waals surface area contributed by atoms with Crippen molar-refractivity contribution < 1.29 is 22.4 Å². The summed E-state index contributed by atoms with van der Waals surface area (Å²) >= 11 is 12.3. The second kappa shape index (κ2) is 13.1. The Labute approximate surface area is 232 Å². The second-order valence-electron chi connectivity index (χ2n) is 8.35. The van der Waals surface area contributed by atoms with E-state index in [1.165, 1.54) is 23.1 Å². The summed E-state index contributed by atoms with van der Waals surface area (Å²) in [7, 11) is -4.28. The molecule has 3 aromatic carbocycles. The van der Waals surface area contributed by atoms with E-state index in [1.807, 2.05) is 0 Å². The van der Waals surface area contributed by atoms with Gasteiger partial charge in [0.2, 0.25) is 11.8 Å². The first kappa shape index (κ1) is 29.4. The molecule has 0 aliphatic rings. The SMILES string of the molecule is CCNC(=O)C(CC)N(Cc1ccccc1Cl)C(=O)CN(c1ccc(F)c(Cl)c1)S(=O)(=O)c1ccccc1. The second-order valence-corrected chi connectivity index (χ2v) is 11.0. The molecule has 2 amide bonds. The van der Waals surface area contributed by atoms with Gasteiger partial charge in [-0.2, -0.15) is 0 Å². The van der Waals surface area contributed by atoms with Crippen LogP contribution in [0.1, 0.15) is 25.8 Å². The third kappa shape index (κ3) is 6.83. The zero-order valence-corrected chi connectivity index (χ0v) is 23.2. The van der Waals surface area contributed by atoms with Crippen molar-refractivity contribution in [2.45, 2.75) is 37.8 Å². The molecule has 0 spiro atoms. The highest BCUT2D eigenvalue weighted by molar-refractivity contribution is 7.92. The fourth-order valence-corrected chi connectivity index (χ4v) is 5.71. The summed E-state index contributed by atoms with van der Waals surface area (Å²) in [6, 6.07) is 16.9. The van der Waals surface area contributed by atoms with Crippen LogP contribution in [0.4, 0.5) is 10.1 Å². The number of nitrogens with one attached hydrogen (secondary N) is 1. The van der Waals surface area contributed by atoms with Crippen molar-refractivity contribution >= 4 is 50.7 Å². The summed E-state index contributed by atoms with van der Waals surface area (Å²) < 4.78 is 42.2. The molecule has 0 fully saturated rings. The monoisotopic (exact) mass is 579 g/mol. The lowest BCUT2D eigenvalue weighted by Gasteiger charge is -2.33. The predicted octanol–water partition coefficient (Wildman–Crippen LogP) is 5.27. The maximum Gasteiger partial charge on any atom is 0.264 e. The molecule has 0 aromatic heterocycles. The minimum absolute atomic E-state index is 0.00245. The maximum absolute atomic E-state index is 13.9. The van der Waals surface area contributed by atoms with Crippen LogP contribution in [0.15, 0.2) is 77.7 Å². The van der Waals surface area contributed by atoms with Gasteiger partial charge in [-0.1, -0.05) is 66.5 Å². The van der Waals surface area contributed by atoms with Gasteiger partial charge in [0.05, 0.1) is 15.6 Å². The Balaban J connectivity index is 2.08. The molecular weight excluding hydrogens is 552 g/mol. The Morgan fingerprint density at radius 2 is 1.61 bits per heavy atom. The van der Waals surface area contributed by atoms with Crippen LogP contribution in [0.25, 0.3) is 0 Å². The summed E-state index contributed by atoms with van der Waals surface area (Å²) in [6.45, 7) is 3.17. The van der Waals surface area contributed by atoms with Crippen molar-refractivity contribution in [1.29, 1.82) is 0 Å². The van der Waals surface area contributed by atoms with Gasteiger partial charge in [-0.3, -0.25) is 13.9 Å². The topological polar surface area (TPSA) is 86.8 Å². The van der Waals surface area contributed by atoms with Crippen molar-refractivity contribution in [3.8, 4) is 0 Å². The number of nitrogens with zero attached hydrogens (tertiary/aromatic N) is 2. The quantitative estimate of drug-likeness (QED) is 0.335. The van der Waals surface area contributed by atoms with Crippen molar-refractivity contribution in [3.05, 3.63) is 94.2 Å². The van der Waals surface area contributed by atoms with Gasteiger partial charge in [-0.15, -0.1) is 0 Å². The Bertz CT molecular complexity index is 1390. The molecule has 11 heteroatoms. The molecule has 0 aliphatic carbocycles. The van der Waals surface area contributed by atoms with Gasteiger partial charge in [0.25, 0.3) is 10.0 Å².